The number of aliphatic carboxylic acids is 1. The first kappa shape index (κ1) is 23.5. The maximum Gasteiger partial charge on any atom is 0.306 e. The summed E-state index contributed by atoms with van der Waals surface area (Å²) >= 11 is 0. The Morgan fingerprint density at radius 1 is 1.11 bits per heavy atom. The van der Waals surface area contributed by atoms with Crippen molar-refractivity contribution in [2.75, 3.05) is 5.32 Å². The summed E-state index contributed by atoms with van der Waals surface area (Å²) in [7, 11) is 0. The minimum absolute atomic E-state index is 0.119. The highest BCUT2D eigenvalue weighted by molar-refractivity contribution is 5.70. The van der Waals surface area contributed by atoms with Crippen molar-refractivity contribution in [3.63, 3.8) is 0 Å². The van der Waals surface area contributed by atoms with E-state index in [1.54, 1.807) is 12.4 Å². The summed E-state index contributed by atoms with van der Waals surface area (Å²) in [6, 6.07) is 15.5. The zero-order valence-corrected chi connectivity index (χ0v) is 19.9. The second kappa shape index (κ2) is 10.6. The molecular weight excluding hydrogens is 458 g/mol. The number of benzene rings is 1. The number of carboxylic acid groups (broad SMARTS) is 1. The summed E-state index contributed by atoms with van der Waals surface area (Å²) in [4.78, 5) is 24.8. The molecule has 2 atom stereocenters. The molecular formula is C27H27N5O4. The topological polar surface area (TPSA) is 123 Å². The van der Waals surface area contributed by atoms with Crippen molar-refractivity contribution < 1.29 is 19.2 Å². The van der Waals surface area contributed by atoms with E-state index in [-0.39, 0.29) is 12.0 Å². The van der Waals surface area contributed by atoms with Crippen LogP contribution in [0.2, 0.25) is 0 Å². The van der Waals surface area contributed by atoms with Crippen LogP contribution in [-0.4, -0.2) is 37.3 Å². The Morgan fingerprint density at radius 3 is 2.75 bits per heavy atom. The molecule has 4 aromatic rings. The summed E-state index contributed by atoms with van der Waals surface area (Å²) in [5, 5.41) is 16.7. The molecule has 0 saturated heterocycles. The molecule has 0 aliphatic heterocycles. The van der Waals surface area contributed by atoms with Gasteiger partial charge in [0, 0.05) is 23.9 Å². The second-order valence-electron chi connectivity index (χ2n) is 8.88. The number of hydrogen-bond acceptors (Lipinski definition) is 8. The van der Waals surface area contributed by atoms with Crippen molar-refractivity contribution in [3.8, 4) is 28.5 Å². The number of pyridine rings is 1. The molecule has 1 fully saturated rings. The summed E-state index contributed by atoms with van der Waals surface area (Å²) in [5.41, 5.74) is 4.09. The van der Waals surface area contributed by atoms with E-state index < -0.39 is 5.97 Å². The van der Waals surface area contributed by atoms with Crippen LogP contribution < -0.4 is 10.1 Å². The first-order valence-electron chi connectivity index (χ1n) is 12.0. The lowest BCUT2D eigenvalue weighted by atomic mass is 9.87. The molecule has 184 valence electrons. The molecule has 9 heteroatoms. The van der Waals surface area contributed by atoms with Crippen LogP contribution in [0.1, 0.15) is 36.9 Å². The van der Waals surface area contributed by atoms with Crippen LogP contribution >= 0.6 is 0 Å². The standard InChI is InChI=1S/C27H27N5O4/c1-17-22(16-30-27-28-13-12-23(31-27)18-6-3-2-4-7-18)25(36-32-17)24-11-10-21(15-29-24)35-20-9-5-8-19(14-20)26(33)34/h2-4,6-7,10-13,15,19-20H,5,8-9,14,16H2,1H3,(H,33,34)(H,28,30,31)/t19-,20+/m0/s1. The number of aromatic nitrogens is 4. The van der Waals surface area contributed by atoms with Crippen LogP contribution in [0, 0.1) is 12.8 Å². The van der Waals surface area contributed by atoms with Gasteiger partial charge in [0.15, 0.2) is 5.76 Å². The molecule has 2 N–H and O–H groups in total. The average molecular weight is 486 g/mol. The number of ether oxygens (including phenoxy) is 1. The van der Waals surface area contributed by atoms with Gasteiger partial charge in [0.25, 0.3) is 0 Å². The Morgan fingerprint density at radius 2 is 1.97 bits per heavy atom. The van der Waals surface area contributed by atoms with Crippen molar-refractivity contribution in [2.24, 2.45) is 5.92 Å². The highest BCUT2D eigenvalue weighted by Crippen LogP contribution is 2.30. The molecule has 0 radical (unpaired) electrons. The molecule has 9 nitrogen and oxygen atoms in total. The highest BCUT2D eigenvalue weighted by Gasteiger charge is 2.28. The Kier molecular flexibility index (Phi) is 6.88. The van der Waals surface area contributed by atoms with Gasteiger partial charge in [-0.05, 0) is 50.8 Å². The molecule has 3 heterocycles. The molecule has 1 aromatic carbocycles. The molecule has 3 aromatic heterocycles. The van der Waals surface area contributed by atoms with Gasteiger partial charge < -0.3 is 19.7 Å². The molecule has 36 heavy (non-hydrogen) atoms. The molecule has 5 rings (SSSR count). The van der Waals surface area contributed by atoms with Gasteiger partial charge in [-0.1, -0.05) is 35.5 Å². The normalized spacial score (nSPS) is 17.5. The Bertz CT molecular complexity index is 1320. The number of aryl methyl sites for hydroxylation is 1. The predicted octanol–water partition coefficient (Wildman–Crippen LogP) is 5.14. The lowest BCUT2D eigenvalue weighted by Crippen LogP contribution is -2.29. The second-order valence-corrected chi connectivity index (χ2v) is 8.88. The third kappa shape index (κ3) is 5.35. The van der Waals surface area contributed by atoms with Crippen LogP contribution in [0.5, 0.6) is 5.75 Å². The maximum absolute atomic E-state index is 11.3. The van der Waals surface area contributed by atoms with E-state index in [1.807, 2.05) is 55.5 Å². The number of anilines is 1. The fourth-order valence-corrected chi connectivity index (χ4v) is 4.43. The Labute approximate surface area is 208 Å². The van der Waals surface area contributed by atoms with E-state index >= 15 is 0 Å². The number of nitrogens with zero attached hydrogens (tertiary/aromatic N) is 4. The highest BCUT2D eigenvalue weighted by atomic mass is 16.5. The molecule has 0 amide bonds. The minimum atomic E-state index is -0.754. The van der Waals surface area contributed by atoms with Gasteiger partial charge >= 0.3 is 5.97 Å². The third-order valence-electron chi connectivity index (χ3n) is 6.38. The van der Waals surface area contributed by atoms with E-state index in [0.29, 0.717) is 42.5 Å². The van der Waals surface area contributed by atoms with Crippen molar-refractivity contribution in [2.45, 2.75) is 45.3 Å². The zero-order valence-electron chi connectivity index (χ0n) is 19.9. The van der Waals surface area contributed by atoms with Crippen LogP contribution in [0.15, 0.2) is 65.4 Å². The van der Waals surface area contributed by atoms with E-state index in [9.17, 15) is 9.90 Å². The number of nitrogens with one attached hydrogen (secondary N) is 1. The fourth-order valence-electron chi connectivity index (χ4n) is 4.43. The Hall–Kier alpha value is -4.27. The predicted molar refractivity (Wildman–Crippen MR) is 133 cm³/mol. The Balaban J connectivity index is 1.26. The maximum atomic E-state index is 11.3. The van der Waals surface area contributed by atoms with Gasteiger partial charge in [-0.25, -0.2) is 15.0 Å². The molecule has 0 spiro atoms. The third-order valence-corrected chi connectivity index (χ3v) is 6.38. The van der Waals surface area contributed by atoms with E-state index in [1.165, 1.54) is 0 Å². The summed E-state index contributed by atoms with van der Waals surface area (Å²) in [6.45, 7) is 2.30. The number of carboxylic acids is 1. The number of carbonyl (C=O) groups is 1. The number of hydrogen-bond donors (Lipinski definition) is 2. The van der Waals surface area contributed by atoms with Gasteiger partial charge in [-0.2, -0.15) is 0 Å². The summed E-state index contributed by atoms with van der Waals surface area (Å²) < 4.78 is 11.6. The lowest BCUT2D eigenvalue weighted by molar-refractivity contribution is -0.143. The van der Waals surface area contributed by atoms with Crippen molar-refractivity contribution in [1.29, 1.82) is 0 Å². The summed E-state index contributed by atoms with van der Waals surface area (Å²) in [6.07, 6.45) is 6.16. The van der Waals surface area contributed by atoms with Gasteiger partial charge in [-0.3, -0.25) is 4.79 Å². The van der Waals surface area contributed by atoms with E-state index in [0.717, 1.165) is 35.4 Å². The molecule has 0 unspecified atom stereocenters. The van der Waals surface area contributed by atoms with Gasteiger partial charge in [-0.15, -0.1) is 0 Å². The first-order valence-corrected chi connectivity index (χ1v) is 12.0. The van der Waals surface area contributed by atoms with E-state index in [2.05, 4.69) is 25.4 Å². The van der Waals surface area contributed by atoms with Crippen LogP contribution in [-0.2, 0) is 11.3 Å². The van der Waals surface area contributed by atoms with Crippen LogP contribution in [0.3, 0.4) is 0 Å². The zero-order chi connectivity index (χ0) is 24.9. The molecule has 1 aliphatic carbocycles. The fraction of sp³-hybridized carbons (Fsp3) is 0.296. The molecule has 1 saturated carbocycles. The smallest absolute Gasteiger partial charge is 0.306 e. The van der Waals surface area contributed by atoms with E-state index in [4.69, 9.17) is 9.26 Å². The lowest BCUT2D eigenvalue weighted by Gasteiger charge is -2.27. The minimum Gasteiger partial charge on any atom is -0.489 e. The van der Waals surface area contributed by atoms with Crippen LogP contribution in [0.25, 0.3) is 22.7 Å². The monoisotopic (exact) mass is 485 g/mol. The van der Waals surface area contributed by atoms with Gasteiger partial charge in [0.1, 0.15) is 11.4 Å². The van der Waals surface area contributed by atoms with Crippen molar-refractivity contribution in [1.82, 2.24) is 20.1 Å². The largest absolute Gasteiger partial charge is 0.489 e. The molecule has 0 bridgehead atoms. The van der Waals surface area contributed by atoms with Crippen molar-refractivity contribution >= 4 is 11.9 Å². The molecule has 1 aliphatic rings. The van der Waals surface area contributed by atoms with Gasteiger partial charge in [0.05, 0.1) is 29.6 Å². The number of rotatable bonds is 8. The van der Waals surface area contributed by atoms with Gasteiger partial charge in [0.2, 0.25) is 5.95 Å². The SMILES string of the molecule is Cc1noc(-c2ccc(O[C@@H]3CCC[C@H](C(=O)O)C3)cn2)c1CNc1nccc(-c2ccccc2)n1. The average Bonchev–Trinajstić information content (AvgIpc) is 3.29. The van der Waals surface area contributed by atoms with Crippen molar-refractivity contribution in [3.05, 3.63) is 72.2 Å². The summed E-state index contributed by atoms with van der Waals surface area (Å²) in [5.74, 6) is 0.578. The first-order chi connectivity index (χ1) is 17.6. The van der Waals surface area contributed by atoms with Crippen LogP contribution in [0.4, 0.5) is 5.95 Å². The quantitative estimate of drug-likeness (QED) is 0.349.